The lowest BCUT2D eigenvalue weighted by atomic mass is 9.33. The van der Waals surface area contributed by atoms with E-state index in [1.54, 1.807) is 0 Å². The Hall–Kier alpha value is -10.9. The zero-order valence-corrected chi connectivity index (χ0v) is 81.0. The molecule has 4 nitrogen and oxygen atoms in total. The van der Waals surface area contributed by atoms with Crippen LogP contribution in [0.5, 0.6) is 0 Å². The van der Waals surface area contributed by atoms with Crippen LogP contribution in [0.3, 0.4) is 0 Å². The third-order valence-corrected chi connectivity index (χ3v) is 23.9. The summed E-state index contributed by atoms with van der Waals surface area (Å²) in [6, 6.07) is 68.8. The lowest BCUT2D eigenvalue weighted by Gasteiger charge is -2.46. The van der Waals surface area contributed by atoms with Crippen LogP contribution in [0.15, 0.2) is 255 Å². The second-order valence-electron chi connectivity index (χ2n) is 47.0. The molecule has 17 rings (SSSR count). The number of aromatic nitrogens is 2. The van der Waals surface area contributed by atoms with Gasteiger partial charge in [0.15, 0.2) is 0 Å². The molecule has 0 unspecified atom stereocenters. The maximum absolute atomic E-state index is 10.3. The summed E-state index contributed by atoms with van der Waals surface area (Å²) in [5, 5.41) is 2.09. The molecule has 128 heavy (non-hydrogen) atoms. The molecule has 0 atom stereocenters. The number of rotatable bonds is 17. The minimum Gasteiger partial charge on any atom is -0.311 e. The normalized spacial score (nSPS) is 15.9. The average molecular weight is 1700 g/mol. The predicted octanol–water partition coefficient (Wildman–Crippen LogP) is 32.9. The van der Waals surface area contributed by atoms with Crippen LogP contribution in [0, 0.1) is 48.7 Å². The maximum Gasteiger partial charge on any atom is 0.252 e. The van der Waals surface area contributed by atoms with Crippen molar-refractivity contribution < 1.29 is 21.9 Å². The van der Waals surface area contributed by atoms with E-state index in [1.807, 2.05) is 165 Å². The third kappa shape index (κ3) is 19.1. The molecule has 0 aliphatic carbocycles. The van der Waals surface area contributed by atoms with E-state index in [4.69, 9.17) is 0 Å². The first-order valence-corrected chi connectivity index (χ1v) is 46.3. The minimum absolute atomic E-state index is 0.158. The highest BCUT2D eigenvalue weighted by molar-refractivity contribution is 7.00. The molecule has 15 aromatic rings. The highest BCUT2D eigenvalue weighted by Crippen LogP contribution is 2.54. The molecule has 2 aromatic heterocycles. The SMILES string of the molecule is [2H]c1c([2H])c([2H])c2c(c1[2H])c1cc(CC(C)(C)C)ccc1n2-c1ccc2c(c1)N(c1cc(-c3cccc(C([2H])([2H])C(C)(C)C)c3)c(CC(C)(C)C)cc1-c1cccc(C([2H])([2H])C(C)(C)C)c1)c1cc(CC(C)(C)C)cc3c1B2c1ccc(-n2c4ccc(CC(C)(C)C)cc4c4c([2H])c([2H])c([2H])c([2H])c42)cc1N3c1cc(-c2cccc(C([2H])([2H])C(C)(C)C)c2)c(CC(C)(C)C)cc1-c1cccc(C([2H])([2H])C(C)(C)C)c1. The fourth-order valence-electron chi connectivity index (χ4n) is 19.9. The highest BCUT2D eigenvalue weighted by atomic mass is 15.2. The summed E-state index contributed by atoms with van der Waals surface area (Å²) < 4.78 is 163. The Morgan fingerprint density at radius 3 is 0.898 bits per heavy atom. The first-order chi connectivity index (χ1) is 66.4. The van der Waals surface area contributed by atoms with Crippen molar-refractivity contribution >= 4 is 101 Å². The summed E-state index contributed by atoms with van der Waals surface area (Å²) in [6.45, 7) is 55.6. The Morgan fingerprint density at radius 2 is 0.570 bits per heavy atom. The van der Waals surface area contributed by atoms with E-state index < -0.39 is 59.3 Å². The summed E-state index contributed by atoms with van der Waals surface area (Å²) in [7, 11) is 0. The van der Waals surface area contributed by atoms with Crippen molar-refractivity contribution in [3.8, 4) is 55.9 Å². The number of hydrogen-bond donors (Lipinski definition) is 0. The summed E-state index contributed by atoms with van der Waals surface area (Å²) in [6.07, 6.45) is -4.44. The predicted molar refractivity (Wildman–Crippen MR) is 559 cm³/mol. The molecule has 656 valence electrons. The Bertz CT molecular complexity index is 7290. The Labute approximate surface area is 791 Å². The number of anilines is 6. The van der Waals surface area contributed by atoms with E-state index >= 15 is 0 Å². The zero-order chi connectivity index (χ0) is 105. The quantitative estimate of drug-likeness (QED) is 0.0845. The van der Waals surface area contributed by atoms with Crippen LogP contribution in [-0.4, -0.2) is 15.8 Å². The fourth-order valence-corrected chi connectivity index (χ4v) is 19.9. The van der Waals surface area contributed by atoms with Crippen LogP contribution < -0.4 is 26.2 Å². The Morgan fingerprint density at radius 1 is 0.250 bits per heavy atom. The van der Waals surface area contributed by atoms with Gasteiger partial charge in [-0.2, -0.15) is 0 Å². The van der Waals surface area contributed by atoms with Gasteiger partial charge in [0.25, 0.3) is 6.71 Å². The largest absolute Gasteiger partial charge is 0.311 e. The van der Waals surface area contributed by atoms with Crippen LogP contribution >= 0.6 is 0 Å². The van der Waals surface area contributed by atoms with Crippen molar-refractivity contribution in [2.24, 2.45) is 48.7 Å². The van der Waals surface area contributed by atoms with Crippen molar-refractivity contribution in [2.75, 3.05) is 9.80 Å². The summed E-state index contributed by atoms with van der Waals surface area (Å²) in [5.41, 5.74) is 18.1. The standard InChI is InChI=1S/C123H141BN4/c1-115(2,3)70-79-36-32-40-86(56-79)96-68-108(98(64-90(96)77-122(22,23)24)88-42-34-38-81(58-88)72-117(7,8)9)127-110-66-92(125-104-46-30-28-44-94(104)100-60-83(48-54-106(100)125)74-119(13,14)15)50-52-102(110)124-103-53-51-93(126-105-47-31-29-45-95(105)101-61-84(49-55-107(101)126)75-120(16,17)18)67-111(103)128(113-63-85(76-121(19,20)21)62-112(127)114(113)124)109-69-97(87-41-33-37-80(57-87)71-116(4,5)6)91(78-123(25,26)27)65-99(109)89-43-35-39-82(59-89)73-118(10,11)12/h28-69H,70-78H2,1-27H3/i28D,29D,30D,31D,44D,45D,46D,47D,70D2,71D2,72D2,73D2. The van der Waals surface area contributed by atoms with Gasteiger partial charge in [-0.25, -0.2) is 0 Å². The Kier molecular flexibility index (Phi) is 18.1. The average Bonchev–Trinajstić information content (AvgIpc) is 0.874. The van der Waals surface area contributed by atoms with E-state index in [1.165, 1.54) is 0 Å². The second-order valence-corrected chi connectivity index (χ2v) is 47.0. The van der Waals surface area contributed by atoms with Gasteiger partial charge in [0, 0.05) is 77.8 Å². The molecule has 0 N–H and O–H groups in total. The van der Waals surface area contributed by atoms with Gasteiger partial charge >= 0.3 is 0 Å². The van der Waals surface area contributed by atoms with Gasteiger partial charge in [-0.3, -0.25) is 0 Å². The van der Waals surface area contributed by atoms with Crippen LogP contribution in [-0.2, 0) is 57.6 Å². The molecule has 2 aliphatic heterocycles. The van der Waals surface area contributed by atoms with Gasteiger partial charge in [0.05, 0.1) is 44.4 Å². The van der Waals surface area contributed by atoms with E-state index in [0.717, 1.165) is 100 Å². The van der Waals surface area contributed by atoms with Gasteiger partial charge in [-0.05, 0) is 303 Å². The molecule has 0 spiro atoms. The number of nitrogens with zero attached hydrogens (tertiary/aromatic N) is 4. The molecule has 0 fully saturated rings. The summed E-state index contributed by atoms with van der Waals surface area (Å²) in [4.78, 5) is 4.80. The van der Waals surface area contributed by atoms with Gasteiger partial charge in [-0.15, -0.1) is 0 Å². The lowest BCUT2D eigenvalue weighted by molar-refractivity contribution is 0.410. The lowest BCUT2D eigenvalue weighted by Crippen LogP contribution is -2.61. The molecule has 4 heterocycles. The van der Waals surface area contributed by atoms with Crippen molar-refractivity contribution in [1.82, 2.24) is 9.13 Å². The van der Waals surface area contributed by atoms with Crippen molar-refractivity contribution in [1.29, 1.82) is 0 Å². The molecule has 0 saturated carbocycles. The van der Waals surface area contributed by atoms with Gasteiger partial charge in [0.2, 0.25) is 0 Å². The molecular formula is C123H141BN4. The first-order valence-electron chi connectivity index (χ1n) is 54.3. The topological polar surface area (TPSA) is 16.3 Å². The van der Waals surface area contributed by atoms with Gasteiger partial charge < -0.3 is 18.9 Å². The van der Waals surface area contributed by atoms with E-state index in [-0.39, 0.29) is 70.0 Å². The molecule has 0 radical (unpaired) electrons. The number of hydrogen-bond acceptors (Lipinski definition) is 2. The molecule has 2 aliphatic rings. The van der Waals surface area contributed by atoms with Gasteiger partial charge in [0.1, 0.15) is 0 Å². The molecule has 0 amide bonds. The van der Waals surface area contributed by atoms with Crippen LogP contribution in [0.1, 0.15) is 259 Å². The van der Waals surface area contributed by atoms with E-state index in [9.17, 15) is 21.9 Å². The zero-order valence-electron chi connectivity index (χ0n) is 97.0. The molecule has 5 heteroatoms. The van der Waals surface area contributed by atoms with Crippen molar-refractivity contribution in [2.45, 2.75) is 245 Å². The maximum atomic E-state index is 10.3. The highest BCUT2D eigenvalue weighted by Gasteiger charge is 2.46. The smallest absolute Gasteiger partial charge is 0.252 e. The molecule has 13 aromatic carbocycles. The number of benzene rings is 13. The van der Waals surface area contributed by atoms with E-state index in [0.29, 0.717) is 132 Å². The number of fused-ring (bicyclic) bond motifs is 10. The van der Waals surface area contributed by atoms with Crippen LogP contribution in [0.4, 0.5) is 34.1 Å². The van der Waals surface area contributed by atoms with Crippen LogP contribution in [0.2, 0.25) is 0 Å². The third-order valence-electron chi connectivity index (χ3n) is 23.9. The first kappa shape index (κ1) is 71.0. The molecule has 0 saturated heterocycles. The Balaban J connectivity index is 1.12. The summed E-state index contributed by atoms with van der Waals surface area (Å²) in [5.74, 6) is 0. The minimum atomic E-state index is -1.88. The van der Waals surface area contributed by atoms with Crippen LogP contribution in [0.25, 0.3) is 99.5 Å². The van der Waals surface area contributed by atoms with Crippen molar-refractivity contribution in [3.63, 3.8) is 0 Å². The van der Waals surface area contributed by atoms with Crippen molar-refractivity contribution in [3.05, 3.63) is 305 Å². The molecular weight excluding hydrogens is 1540 g/mol. The monoisotopic (exact) mass is 1700 g/mol. The number of para-hydroxylation sites is 2. The summed E-state index contributed by atoms with van der Waals surface area (Å²) >= 11 is 0. The fraction of sp³-hybridized carbons (Fsp3) is 0.366. The second kappa shape index (κ2) is 32.6. The van der Waals surface area contributed by atoms with Gasteiger partial charge in [-0.1, -0.05) is 345 Å². The molecule has 0 bridgehead atoms. The van der Waals surface area contributed by atoms with E-state index in [2.05, 4.69) is 247 Å².